The minimum absolute atomic E-state index is 0.00387. The number of esters is 1. The Labute approximate surface area is 191 Å². The van der Waals surface area contributed by atoms with Crippen molar-refractivity contribution >= 4 is 17.7 Å². The number of Topliss-reactive ketones (excluding diaryl/α,β-unsaturated/α-hetero) is 1. The summed E-state index contributed by atoms with van der Waals surface area (Å²) in [7, 11) is 0. The highest BCUT2D eigenvalue weighted by molar-refractivity contribution is 5.94. The lowest BCUT2D eigenvalue weighted by atomic mass is 9.66. The van der Waals surface area contributed by atoms with E-state index >= 15 is 0 Å². The van der Waals surface area contributed by atoms with Gasteiger partial charge in [-0.05, 0) is 56.4 Å². The number of aliphatic hydroxyl groups is 1. The molecule has 6 heteroatoms. The van der Waals surface area contributed by atoms with E-state index in [-0.39, 0.29) is 36.2 Å². The number of carboxylic acid groups (broad SMARTS) is 1. The topological polar surface area (TPSA) is 101 Å². The molecule has 0 aromatic heterocycles. The Morgan fingerprint density at radius 2 is 1.97 bits per heavy atom. The Balaban J connectivity index is 2.26. The van der Waals surface area contributed by atoms with E-state index in [0.717, 1.165) is 18.4 Å². The van der Waals surface area contributed by atoms with Crippen molar-refractivity contribution in [3.8, 4) is 0 Å². The summed E-state index contributed by atoms with van der Waals surface area (Å²) in [6.45, 7) is 10.0. The Morgan fingerprint density at radius 1 is 1.28 bits per heavy atom. The van der Waals surface area contributed by atoms with Gasteiger partial charge in [0.2, 0.25) is 0 Å². The molecule has 32 heavy (non-hydrogen) atoms. The fourth-order valence-corrected chi connectivity index (χ4v) is 4.41. The van der Waals surface area contributed by atoms with Crippen LogP contribution in [0.4, 0.5) is 0 Å². The number of carboxylic acids is 1. The SMILES string of the molecule is CC[C@H]1C=C2C=C[C@H](C)[C@H](/C=C\[C@@H](O)CC(=O)CC(=O)O)[C@H]2[C@@H](OC(=O)C(C)(C)CC)C1. The number of aliphatic hydroxyl groups excluding tert-OH is 1. The second-order valence-electron chi connectivity index (χ2n) is 9.84. The number of hydrogen-bond acceptors (Lipinski definition) is 5. The van der Waals surface area contributed by atoms with E-state index in [1.165, 1.54) is 0 Å². The number of carbonyl (C=O) groups excluding carboxylic acids is 2. The number of allylic oxidation sites excluding steroid dienone is 4. The molecule has 2 rings (SSSR count). The van der Waals surface area contributed by atoms with E-state index in [2.05, 4.69) is 32.1 Å². The molecule has 0 aliphatic heterocycles. The number of ketones is 1. The van der Waals surface area contributed by atoms with E-state index in [1.807, 2.05) is 26.8 Å². The van der Waals surface area contributed by atoms with E-state index in [0.29, 0.717) is 12.3 Å². The molecule has 6 atom stereocenters. The van der Waals surface area contributed by atoms with Gasteiger partial charge < -0.3 is 14.9 Å². The Kier molecular flexibility index (Phi) is 9.02. The van der Waals surface area contributed by atoms with Gasteiger partial charge >= 0.3 is 11.9 Å². The molecular formula is C26H38O6. The lowest BCUT2D eigenvalue weighted by Gasteiger charge is -2.43. The van der Waals surface area contributed by atoms with Crippen LogP contribution in [0.5, 0.6) is 0 Å². The maximum absolute atomic E-state index is 12.9. The highest BCUT2D eigenvalue weighted by atomic mass is 16.5. The lowest BCUT2D eigenvalue weighted by Crippen LogP contribution is -2.42. The highest BCUT2D eigenvalue weighted by Gasteiger charge is 2.42. The van der Waals surface area contributed by atoms with Crippen LogP contribution in [-0.4, -0.2) is 40.1 Å². The standard InChI is InChI=1S/C26H38O6/c1-6-17-12-18-9-8-16(3)21(11-10-19(27)14-20(28)15-23(29)30)24(18)22(13-17)32-25(31)26(4,5)7-2/h8-12,16-17,19,21-22,24,27H,6-7,13-15H2,1-5H3,(H,29,30)/b11-10-/t16-,17-,19+,21-,22-,24-/m0/s1. The molecule has 2 aliphatic carbocycles. The van der Waals surface area contributed by atoms with Gasteiger partial charge in [-0.2, -0.15) is 0 Å². The first-order chi connectivity index (χ1) is 15.0. The molecule has 0 saturated carbocycles. The number of rotatable bonds is 10. The fraction of sp³-hybridized carbons (Fsp3) is 0.654. The van der Waals surface area contributed by atoms with Crippen LogP contribution in [0, 0.1) is 29.1 Å². The van der Waals surface area contributed by atoms with Crippen LogP contribution in [0.3, 0.4) is 0 Å². The molecule has 0 bridgehead atoms. The third kappa shape index (κ3) is 6.64. The van der Waals surface area contributed by atoms with Crippen LogP contribution < -0.4 is 0 Å². The van der Waals surface area contributed by atoms with Gasteiger partial charge in [0.25, 0.3) is 0 Å². The van der Waals surface area contributed by atoms with Crippen molar-refractivity contribution in [2.45, 2.75) is 78.9 Å². The quantitative estimate of drug-likeness (QED) is 0.291. The predicted molar refractivity (Wildman–Crippen MR) is 123 cm³/mol. The number of hydrogen-bond donors (Lipinski definition) is 2. The smallest absolute Gasteiger partial charge is 0.311 e. The maximum Gasteiger partial charge on any atom is 0.311 e. The first-order valence-corrected chi connectivity index (χ1v) is 11.7. The predicted octanol–water partition coefficient (Wildman–Crippen LogP) is 4.48. The molecule has 2 N–H and O–H groups in total. The average molecular weight is 447 g/mol. The first-order valence-electron chi connectivity index (χ1n) is 11.7. The number of fused-ring (bicyclic) bond motifs is 1. The molecule has 6 nitrogen and oxygen atoms in total. The third-order valence-electron chi connectivity index (χ3n) is 6.92. The highest BCUT2D eigenvalue weighted by Crippen LogP contribution is 2.44. The van der Waals surface area contributed by atoms with Crippen molar-refractivity contribution in [2.75, 3.05) is 0 Å². The van der Waals surface area contributed by atoms with Gasteiger partial charge in [0.15, 0.2) is 0 Å². The largest absolute Gasteiger partial charge is 0.481 e. The van der Waals surface area contributed by atoms with Crippen molar-refractivity contribution < 1.29 is 29.3 Å². The molecule has 0 aromatic carbocycles. The number of carbonyl (C=O) groups is 3. The van der Waals surface area contributed by atoms with E-state index in [9.17, 15) is 19.5 Å². The fourth-order valence-electron chi connectivity index (χ4n) is 4.41. The van der Waals surface area contributed by atoms with Gasteiger partial charge in [-0.1, -0.05) is 51.2 Å². The molecule has 0 amide bonds. The molecule has 0 spiro atoms. The molecule has 178 valence electrons. The van der Waals surface area contributed by atoms with Gasteiger partial charge in [0, 0.05) is 12.3 Å². The summed E-state index contributed by atoms with van der Waals surface area (Å²) in [5.74, 6) is -1.42. The summed E-state index contributed by atoms with van der Waals surface area (Å²) in [5, 5.41) is 19.0. The van der Waals surface area contributed by atoms with Gasteiger partial charge in [-0.3, -0.25) is 14.4 Å². The zero-order valence-electron chi connectivity index (χ0n) is 19.9. The van der Waals surface area contributed by atoms with Crippen LogP contribution in [0.2, 0.25) is 0 Å². The van der Waals surface area contributed by atoms with Crippen molar-refractivity contribution in [3.05, 3.63) is 36.0 Å². The Bertz CT molecular complexity index is 790. The molecular weight excluding hydrogens is 408 g/mol. The summed E-state index contributed by atoms with van der Waals surface area (Å²) in [4.78, 5) is 35.3. The second-order valence-corrected chi connectivity index (χ2v) is 9.84. The lowest BCUT2D eigenvalue weighted by molar-refractivity contribution is -0.164. The van der Waals surface area contributed by atoms with Crippen molar-refractivity contribution in [2.24, 2.45) is 29.1 Å². The molecule has 0 heterocycles. The molecule has 2 aliphatic rings. The maximum atomic E-state index is 12.9. The van der Waals surface area contributed by atoms with Crippen LogP contribution in [0.15, 0.2) is 36.0 Å². The molecule has 0 radical (unpaired) electrons. The average Bonchev–Trinajstić information content (AvgIpc) is 2.72. The van der Waals surface area contributed by atoms with Gasteiger partial charge in [0.05, 0.1) is 11.5 Å². The minimum atomic E-state index is -1.20. The molecule has 0 saturated heterocycles. The molecule has 0 aromatic rings. The third-order valence-corrected chi connectivity index (χ3v) is 6.92. The summed E-state index contributed by atoms with van der Waals surface area (Å²) in [6.07, 6.45) is 10.3. The van der Waals surface area contributed by atoms with Crippen molar-refractivity contribution in [3.63, 3.8) is 0 Å². The number of aliphatic carboxylic acids is 1. The summed E-state index contributed by atoms with van der Waals surface area (Å²) >= 11 is 0. The summed E-state index contributed by atoms with van der Waals surface area (Å²) in [5.41, 5.74) is 0.602. The zero-order chi connectivity index (χ0) is 24.1. The zero-order valence-corrected chi connectivity index (χ0v) is 19.9. The first kappa shape index (κ1) is 26.0. The van der Waals surface area contributed by atoms with Crippen molar-refractivity contribution in [1.82, 2.24) is 0 Å². The van der Waals surface area contributed by atoms with Crippen LogP contribution >= 0.6 is 0 Å². The Hall–Kier alpha value is -2.21. The number of ether oxygens (including phenoxy) is 1. The van der Waals surface area contributed by atoms with E-state index < -0.39 is 29.7 Å². The minimum Gasteiger partial charge on any atom is -0.481 e. The van der Waals surface area contributed by atoms with Crippen LogP contribution in [-0.2, 0) is 19.1 Å². The normalized spacial score (nSPS) is 28.7. The molecule has 0 unspecified atom stereocenters. The monoisotopic (exact) mass is 446 g/mol. The Morgan fingerprint density at radius 3 is 2.56 bits per heavy atom. The van der Waals surface area contributed by atoms with Crippen LogP contribution in [0.25, 0.3) is 0 Å². The van der Waals surface area contributed by atoms with Gasteiger partial charge in [0.1, 0.15) is 18.3 Å². The van der Waals surface area contributed by atoms with Crippen LogP contribution in [0.1, 0.15) is 66.7 Å². The summed E-state index contributed by atoms with van der Waals surface area (Å²) < 4.78 is 6.11. The van der Waals surface area contributed by atoms with Gasteiger partial charge in [-0.25, -0.2) is 0 Å². The van der Waals surface area contributed by atoms with E-state index in [4.69, 9.17) is 9.84 Å². The van der Waals surface area contributed by atoms with E-state index in [1.54, 1.807) is 6.08 Å². The van der Waals surface area contributed by atoms with Crippen molar-refractivity contribution in [1.29, 1.82) is 0 Å². The molecule has 0 fully saturated rings. The second kappa shape index (κ2) is 11.1. The van der Waals surface area contributed by atoms with Gasteiger partial charge in [-0.15, -0.1) is 0 Å². The summed E-state index contributed by atoms with van der Waals surface area (Å²) in [6, 6.07) is 0.